The lowest BCUT2D eigenvalue weighted by Gasteiger charge is -1.98. The first kappa shape index (κ1) is 12.9. The number of ether oxygens (including phenoxy) is 1. The highest BCUT2D eigenvalue weighted by molar-refractivity contribution is 6.42. The molecular weight excluding hydrogens is 279 g/mol. The third-order valence-corrected chi connectivity index (χ3v) is 2.77. The number of aromatic nitrogens is 2. The van der Waals surface area contributed by atoms with E-state index in [9.17, 15) is 4.79 Å². The van der Waals surface area contributed by atoms with Crippen LogP contribution in [0.2, 0.25) is 10.0 Å². The first-order chi connectivity index (χ1) is 8.56. The number of carbonyl (C=O) groups is 1. The Morgan fingerprint density at radius 2 is 2.11 bits per heavy atom. The number of carbonyl (C=O) groups excluding carboxylic acids is 1. The minimum Gasteiger partial charge on any atom is -0.456 e. The van der Waals surface area contributed by atoms with Crippen LogP contribution in [0.1, 0.15) is 12.8 Å². The van der Waals surface area contributed by atoms with E-state index in [1.54, 1.807) is 18.2 Å². The first-order valence-corrected chi connectivity index (χ1v) is 5.73. The smallest absolute Gasteiger partial charge is 0.303 e. The molecule has 0 fully saturated rings. The zero-order chi connectivity index (χ0) is 13.1. The number of esters is 1. The molecule has 0 aliphatic rings. The molecule has 1 aromatic carbocycles. The van der Waals surface area contributed by atoms with Crippen LogP contribution in [0, 0.1) is 0 Å². The van der Waals surface area contributed by atoms with Gasteiger partial charge in [-0.3, -0.25) is 4.79 Å². The summed E-state index contributed by atoms with van der Waals surface area (Å²) in [6, 6.07) is 4.96. The molecule has 18 heavy (non-hydrogen) atoms. The van der Waals surface area contributed by atoms with Crippen molar-refractivity contribution >= 4 is 29.2 Å². The van der Waals surface area contributed by atoms with Gasteiger partial charge < -0.3 is 9.15 Å². The van der Waals surface area contributed by atoms with Crippen LogP contribution in [0.25, 0.3) is 11.5 Å². The van der Waals surface area contributed by atoms with Gasteiger partial charge in [0.25, 0.3) is 5.89 Å². The molecule has 0 bridgehead atoms. The van der Waals surface area contributed by atoms with Gasteiger partial charge in [0.2, 0.25) is 5.89 Å². The van der Waals surface area contributed by atoms with E-state index in [1.165, 1.54) is 6.92 Å². The fraction of sp³-hybridized carbons (Fsp3) is 0.182. The lowest BCUT2D eigenvalue weighted by atomic mass is 10.2. The molecule has 0 amide bonds. The van der Waals surface area contributed by atoms with Gasteiger partial charge in [-0.25, -0.2) is 0 Å². The van der Waals surface area contributed by atoms with Crippen molar-refractivity contribution in [2.45, 2.75) is 13.5 Å². The van der Waals surface area contributed by atoms with E-state index in [0.29, 0.717) is 15.6 Å². The number of hydrogen-bond acceptors (Lipinski definition) is 5. The monoisotopic (exact) mass is 286 g/mol. The minimum absolute atomic E-state index is 0.0519. The van der Waals surface area contributed by atoms with Crippen molar-refractivity contribution in [3.8, 4) is 11.5 Å². The maximum atomic E-state index is 10.6. The topological polar surface area (TPSA) is 65.2 Å². The van der Waals surface area contributed by atoms with Crippen LogP contribution >= 0.6 is 23.2 Å². The summed E-state index contributed by atoms with van der Waals surface area (Å²) in [7, 11) is 0. The fourth-order valence-corrected chi connectivity index (χ4v) is 1.52. The normalized spacial score (nSPS) is 10.4. The zero-order valence-electron chi connectivity index (χ0n) is 9.31. The maximum absolute atomic E-state index is 10.6. The Labute approximate surface area is 113 Å². The highest BCUT2D eigenvalue weighted by Crippen LogP contribution is 2.27. The summed E-state index contributed by atoms with van der Waals surface area (Å²) >= 11 is 11.7. The van der Waals surface area contributed by atoms with E-state index in [0.717, 1.165) is 0 Å². The summed E-state index contributed by atoms with van der Waals surface area (Å²) in [5, 5.41) is 8.41. The lowest BCUT2D eigenvalue weighted by Crippen LogP contribution is -1.98. The Bertz CT molecular complexity index is 583. The van der Waals surface area contributed by atoms with Gasteiger partial charge in [0.05, 0.1) is 10.0 Å². The standard InChI is InChI=1S/C11H8Cl2N2O3/c1-6(16)17-5-10-14-15-11(18-10)7-2-3-8(12)9(13)4-7/h2-4H,5H2,1H3. The van der Waals surface area contributed by atoms with Crippen molar-refractivity contribution in [2.24, 2.45) is 0 Å². The van der Waals surface area contributed by atoms with E-state index in [1.807, 2.05) is 0 Å². The summed E-state index contributed by atoms with van der Waals surface area (Å²) in [6.07, 6.45) is 0. The van der Waals surface area contributed by atoms with Gasteiger partial charge >= 0.3 is 5.97 Å². The Kier molecular flexibility index (Phi) is 3.84. The molecule has 0 atom stereocenters. The highest BCUT2D eigenvalue weighted by atomic mass is 35.5. The van der Waals surface area contributed by atoms with Crippen LogP contribution in [0.5, 0.6) is 0 Å². The molecule has 1 heterocycles. The van der Waals surface area contributed by atoms with Crippen LogP contribution in [-0.4, -0.2) is 16.2 Å². The number of hydrogen-bond donors (Lipinski definition) is 0. The molecule has 1 aromatic heterocycles. The summed E-state index contributed by atoms with van der Waals surface area (Å²) in [6.45, 7) is 1.25. The van der Waals surface area contributed by atoms with Gasteiger partial charge in [-0.1, -0.05) is 23.2 Å². The Morgan fingerprint density at radius 3 is 2.78 bits per heavy atom. The number of halogens is 2. The van der Waals surface area contributed by atoms with Crippen molar-refractivity contribution in [1.29, 1.82) is 0 Å². The second kappa shape index (κ2) is 5.37. The van der Waals surface area contributed by atoms with E-state index in [-0.39, 0.29) is 18.4 Å². The van der Waals surface area contributed by atoms with Crippen molar-refractivity contribution < 1.29 is 13.9 Å². The first-order valence-electron chi connectivity index (χ1n) is 4.97. The SMILES string of the molecule is CC(=O)OCc1nnc(-c2ccc(Cl)c(Cl)c2)o1. The molecule has 0 aliphatic heterocycles. The average molecular weight is 287 g/mol. The summed E-state index contributed by atoms with van der Waals surface area (Å²) < 4.78 is 10.1. The van der Waals surface area contributed by atoms with Crippen molar-refractivity contribution in [1.82, 2.24) is 10.2 Å². The molecule has 94 valence electrons. The van der Waals surface area contributed by atoms with E-state index in [4.69, 9.17) is 32.4 Å². The molecule has 0 spiro atoms. The van der Waals surface area contributed by atoms with Crippen LogP contribution in [0.15, 0.2) is 22.6 Å². The second-order valence-corrected chi connectivity index (χ2v) is 4.22. The molecule has 0 radical (unpaired) electrons. The van der Waals surface area contributed by atoms with Crippen molar-refractivity contribution in [3.05, 3.63) is 34.1 Å². The molecule has 7 heteroatoms. The van der Waals surface area contributed by atoms with Gasteiger partial charge in [-0.15, -0.1) is 10.2 Å². The summed E-state index contributed by atoms with van der Waals surface area (Å²) in [5.74, 6) is 0.0891. The average Bonchev–Trinajstić information content (AvgIpc) is 2.79. The Hall–Kier alpha value is -1.59. The summed E-state index contributed by atoms with van der Waals surface area (Å²) in [5.41, 5.74) is 0.644. The van der Waals surface area contributed by atoms with E-state index >= 15 is 0 Å². The van der Waals surface area contributed by atoms with E-state index < -0.39 is 5.97 Å². The largest absolute Gasteiger partial charge is 0.456 e. The van der Waals surface area contributed by atoms with Crippen LogP contribution in [-0.2, 0) is 16.1 Å². The molecule has 2 aromatic rings. The van der Waals surface area contributed by atoms with Crippen LogP contribution < -0.4 is 0 Å². The number of rotatable bonds is 3. The Balaban J connectivity index is 2.18. The fourth-order valence-electron chi connectivity index (χ4n) is 1.22. The Morgan fingerprint density at radius 1 is 1.33 bits per heavy atom. The molecular formula is C11H8Cl2N2O3. The number of benzene rings is 1. The van der Waals surface area contributed by atoms with Gasteiger partial charge in [0.15, 0.2) is 6.61 Å². The highest BCUT2D eigenvalue weighted by Gasteiger charge is 2.10. The van der Waals surface area contributed by atoms with Crippen LogP contribution in [0.4, 0.5) is 0 Å². The van der Waals surface area contributed by atoms with Gasteiger partial charge in [0.1, 0.15) is 0 Å². The molecule has 0 saturated carbocycles. The van der Waals surface area contributed by atoms with Gasteiger partial charge in [-0.2, -0.15) is 0 Å². The minimum atomic E-state index is -0.413. The summed E-state index contributed by atoms with van der Waals surface area (Å²) in [4.78, 5) is 10.6. The quantitative estimate of drug-likeness (QED) is 0.811. The molecule has 2 rings (SSSR count). The van der Waals surface area contributed by atoms with E-state index in [2.05, 4.69) is 10.2 Å². The third kappa shape index (κ3) is 3.00. The molecule has 0 aliphatic carbocycles. The van der Waals surface area contributed by atoms with Crippen LogP contribution in [0.3, 0.4) is 0 Å². The van der Waals surface area contributed by atoms with Crippen molar-refractivity contribution in [2.75, 3.05) is 0 Å². The molecule has 0 saturated heterocycles. The molecule has 0 unspecified atom stereocenters. The molecule has 0 N–H and O–H groups in total. The lowest BCUT2D eigenvalue weighted by molar-refractivity contribution is -0.142. The molecule has 5 nitrogen and oxygen atoms in total. The number of nitrogens with zero attached hydrogens (tertiary/aromatic N) is 2. The van der Waals surface area contributed by atoms with Crippen molar-refractivity contribution in [3.63, 3.8) is 0 Å². The predicted octanol–water partition coefficient (Wildman–Crippen LogP) is 3.11. The predicted molar refractivity (Wildman–Crippen MR) is 65.2 cm³/mol. The second-order valence-electron chi connectivity index (χ2n) is 3.41. The van der Waals surface area contributed by atoms with Gasteiger partial charge in [-0.05, 0) is 18.2 Å². The zero-order valence-corrected chi connectivity index (χ0v) is 10.8. The maximum Gasteiger partial charge on any atom is 0.303 e. The third-order valence-electron chi connectivity index (χ3n) is 2.03. The van der Waals surface area contributed by atoms with Gasteiger partial charge in [0, 0.05) is 12.5 Å².